The summed E-state index contributed by atoms with van der Waals surface area (Å²) in [4.78, 5) is 35.7. The van der Waals surface area contributed by atoms with E-state index in [9.17, 15) is 9.59 Å². The number of hydrogen-bond acceptors (Lipinski definition) is 4. The summed E-state index contributed by atoms with van der Waals surface area (Å²) in [6.07, 6.45) is 2.80. The highest BCUT2D eigenvalue weighted by atomic mass is 16.4. The van der Waals surface area contributed by atoms with E-state index in [1.165, 1.54) is 6.20 Å². The number of imidazole rings is 1. The third kappa shape index (κ3) is 2.22. The Bertz CT molecular complexity index is 601. The molecule has 2 rings (SSSR count). The predicted octanol–water partition coefficient (Wildman–Crippen LogP) is 0.0955. The van der Waals surface area contributed by atoms with Gasteiger partial charge in [0.05, 0.1) is 6.42 Å². The topological polar surface area (TPSA) is 112 Å². The number of aryl methyl sites for hydroxylation is 1. The molecule has 0 radical (unpaired) electrons. The molecule has 0 aliphatic carbocycles. The first-order chi connectivity index (χ1) is 8.08. The molecule has 2 aromatic rings. The normalized spacial score (nSPS) is 10.4. The Balaban J connectivity index is 2.49. The lowest BCUT2D eigenvalue weighted by Gasteiger charge is -2.03. The molecule has 0 bridgehead atoms. The van der Waals surface area contributed by atoms with E-state index in [0.29, 0.717) is 17.3 Å². The van der Waals surface area contributed by atoms with Crippen LogP contribution in [0.15, 0.2) is 17.2 Å². The van der Waals surface area contributed by atoms with E-state index in [1.807, 2.05) is 0 Å². The van der Waals surface area contributed by atoms with Crippen molar-refractivity contribution in [1.82, 2.24) is 19.9 Å². The lowest BCUT2D eigenvalue weighted by Crippen LogP contribution is -2.20. The SMILES string of the molecule is Cc1nc(-c2ncc[nH]2)[nH]c(=O)c1CC(=O)O. The Morgan fingerprint density at radius 3 is 2.76 bits per heavy atom. The van der Waals surface area contributed by atoms with Gasteiger partial charge in [0.15, 0.2) is 11.6 Å². The molecular formula is C10H10N4O3. The highest BCUT2D eigenvalue weighted by molar-refractivity contribution is 5.70. The van der Waals surface area contributed by atoms with Gasteiger partial charge in [-0.3, -0.25) is 9.59 Å². The Morgan fingerprint density at radius 1 is 1.47 bits per heavy atom. The van der Waals surface area contributed by atoms with Crippen molar-refractivity contribution in [1.29, 1.82) is 0 Å². The highest BCUT2D eigenvalue weighted by Crippen LogP contribution is 2.08. The Labute approximate surface area is 95.6 Å². The van der Waals surface area contributed by atoms with Crippen LogP contribution in [0.2, 0.25) is 0 Å². The van der Waals surface area contributed by atoms with Crippen molar-refractivity contribution in [2.75, 3.05) is 0 Å². The second-order valence-corrected chi connectivity index (χ2v) is 3.49. The molecule has 0 unspecified atom stereocenters. The zero-order valence-corrected chi connectivity index (χ0v) is 9.02. The molecule has 7 nitrogen and oxygen atoms in total. The second kappa shape index (κ2) is 4.20. The van der Waals surface area contributed by atoms with Crippen LogP contribution in [0.4, 0.5) is 0 Å². The van der Waals surface area contributed by atoms with Crippen LogP contribution in [0.1, 0.15) is 11.3 Å². The van der Waals surface area contributed by atoms with Crippen LogP contribution in [0, 0.1) is 6.92 Å². The Morgan fingerprint density at radius 2 is 2.24 bits per heavy atom. The summed E-state index contributed by atoms with van der Waals surface area (Å²) >= 11 is 0. The molecule has 2 heterocycles. The number of aromatic nitrogens is 4. The van der Waals surface area contributed by atoms with Gasteiger partial charge in [-0.1, -0.05) is 0 Å². The van der Waals surface area contributed by atoms with Crippen LogP contribution in [-0.4, -0.2) is 31.0 Å². The van der Waals surface area contributed by atoms with Gasteiger partial charge >= 0.3 is 5.97 Å². The maximum absolute atomic E-state index is 11.7. The molecule has 0 aromatic carbocycles. The molecule has 0 aliphatic rings. The van der Waals surface area contributed by atoms with Crippen LogP contribution < -0.4 is 5.56 Å². The number of aromatic amines is 2. The molecule has 3 N–H and O–H groups in total. The van der Waals surface area contributed by atoms with Crippen molar-refractivity contribution in [3.8, 4) is 11.6 Å². The summed E-state index contributed by atoms with van der Waals surface area (Å²) in [6, 6.07) is 0. The smallest absolute Gasteiger partial charge is 0.308 e. The number of carboxylic acids is 1. The molecule has 0 amide bonds. The summed E-state index contributed by atoms with van der Waals surface area (Å²) in [6.45, 7) is 1.60. The summed E-state index contributed by atoms with van der Waals surface area (Å²) in [5.41, 5.74) is 0.0988. The van der Waals surface area contributed by atoms with Crippen LogP contribution in [0.5, 0.6) is 0 Å². The summed E-state index contributed by atoms with van der Waals surface area (Å²) in [7, 11) is 0. The maximum atomic E-state index is 11.7. The largest absolute Gasteiger partial charge is 0.481 e. The van der Waals surface area contributed by atoms with Crippen molar-refractivity contribution in [2.24, 2.45) is 0 Å². The minimum Gasteiger partial charge on any atom is -0.481 e. The van der Waals surface area contributed by atoms with Gasteiger partial charge in [-0.05, 0) is 6.92 Å². The van der Waals surface area contributed by atoms with Gasteiger partial charge in [0.25, 0.3) is 5.56 Å². The number of carboxylic acid groups (broad SMARTS) is 1. The van der Waals surface area contributed by atoms with E-state index >= 15 is 0 Å². The van der Waals surface area contributed by atoms with E-state index in [4.69, 9.17) is 5.11 Å². The molecule has 0 saturated carbocycles. The molecule has 0 aliphatic heterocycles. The highest BCUT2D eigenvalue weighted by Gasteiger charge is 2.13. The van der Waals surface area contributed by atoms with E-state index < -0.39 is 11.5 Å². The van der Waals surface area contributed by atoms with Crippen molar-refractivity contribution in [2.45, 2.75) is 13.3 Å². The van der Waals surface area contributed by atoms with Crippen LogP contribution in [-0.2, 0) is 11.2 Å². The third-order valence-corrected chi connectivity index (χ3v) is 2.27. The lowest BCUT2D eigenvalue weighted by atomic mass is 10.2. The molecule has 88 valence electrons. The summed E-state index contributed by atoms with van der Waals surface area (Å²) in [5, 5.41) is 8.67. The lowest BCUT2D eigenvalue weighted by molar-refractivity contribution is -0.136. The first kappa shape index (κ1) is 11.1. The molecule has 0 spiro atoms. The number of hydrogen-bond donors (Lipinski definition) is 3. The average Bonchev–Trinajstić information content (AvgIpc) is 2.76. The van der Waals surface area contributed by atoms with Crippen molar-refractivity contribution in [3.63, 3.8) is 0 Å². The molecule has 7 heteroatoms. The molecule has 17 heavy (non-hydrogen) atoms. The van der Waals surface area contributed by atoms with E-state index in [-0.39, 0.29) is 12.0 Å². The number of carbonyl (C=O) groups is 1. The number of H-pyrrole nitrogens is 2. The van der Waals surface area contributed by atoms with Crippen molar-refractivity contribution in [3.05, 3.63) is 34.0 Å². The Hall–Kier alpha value is -2.44. The van der Waals surface area contributed by atoms with Crippen LogP contribution in [0.3, 0.4) is 0 Å². The van der Waals surface area contributed by atoms with Gasteiger partial charge in [-0.25, -0.2) is 9.97 Å². The second-order valence-electron chi connectivity index (χ2n) is 3.49. The van der Waals surface area contributed by atoms with Crippen molar-refractivity contribution >= 4 is 5.97 Å². The van der Waals surface area contributed by atoms with Gasteiger partial charge in [-0.2, -0.15) is 0 Å². The Kier molecular flexibility index (Phi) is 2.73. The monoisotopic (exact) mass is 234 g/mol. The quantitative estimate of drug-likeness (QED) is 0.697. The molecular weight excluding hydrogens is 224 g/mol. The number of nitrogens with one attached hydrogen (secondary N) is 2. The zero-order chi connectivity index (χ0) is 12.4. The number of nitrogens with zero attached hydrogens (tertiary/aromatic N) is 2. The fraction of sp³-hybridized carbons (Fsp3) is 0.200. The third-order valence-electron chi connectivity index (χ3n) is 2.27. The van der Waals surface area contributed by atoms with E-state index in [1.54, 1.807) is 13.1 Å². The van der Waals surface area contributed by atoms with E-state index in [2.05, 4.69) is 19.9 Å². The predicted molar refractivity (Wildman–Crippen MR) is 58.5 cm³/mol. The van der Waals surface area contributed by atoms with E-state index in [0.717, 1.165) is 0 Å². The maximum Gasteiger partial charge on any atom is 0.308 e. The van der Waals surface area contributed by atoms with Gasteiger partial charge in [0, 0.05) is 23.7 Å². The van der Waals surface area contributed by atoms with Crippen molar-refractivity contribution < 1.29 is 9.90 Å². The zero-order valence-electron chi connectivity index (χ0n) is 9.02. The van der Waals surface area contributed by atoms with Crippen LogP contribution >= 0.6 is 0 Å². The fourth-order valence-corrected chi connectivity index (χ4v) is 1.48. The summed E-state index contributed by atoms with van der Waals surface area (Å²) < 4.78 is 0. The first-order valence-corrected chi connectivity index (χ1v) is 4.89. The number of rotatable bonds is 3. The first-order valence-electron chi connectivity index (χ1n) is 4.89. The molecule has 0 atom stereocenters. The summed E-state index contributed by atoms with van der Waals surface area (Å²) in [5.74, 6) is -0.329. The molecule has 2 aromatic heterocycles. The molecule has 0 fully saturated rings. The molecule has 0 saturated heterocycles. The van der Waals surface area contributed by atoms with Gasteiger partial charge < -0.3 is 15.1 Å². The standard InChI is InChI=1S/C10H10N4O3/c1-5-6(4-7(15)16)10(17)14-9(13-5)8-11-2-3-12-8/h2-3H,4H2,1H3,(H,11,12)(H,15,16)(H,13,14,17). The average molecular weight is 234 g/mol. The van der Waals surface area contributed by atoms with Gasteiger partial charge in [0.2, 0.25) is 0 Å². The van der Waals surface area contributed by atoms with Gasteiger partial charge in [0.1, 0.15) is 0 Å². The minimum atomic E-state index is -1.06. The number of aliphatic carboxylic acids is 1. The van der Waals surface area contributed by atoms with Crippen LogP contribution in [0.25, 0.3) is 11.6 Å². The fourth-order valence-electron chi connectivity index (χ4n) is 1.48. The van der Waals surface area contributed by atoms with Gasteiger partial charge in [-0.15, -0.1) is 0 Å². The minimum absolute atomic E-state index is 0.160.